The van der Waals surface area contributed by atoms with E-state index in [4.69, 9.17) is 19.8 Å². The molecule has 0 aliphatic heterocycles. The Morgan fingerprint density at radius 1 is 1.13 bits per heavy atom. The highest BCUT2D eigenvalue weighted by atomic mass is 16.3. The van der Waals surface area contributed by atoms with Gasteiger partial charge < -0.3 is 30.0 Å². The Labute approximate surface area is 179 Å². The highest BCUT2D eigenvalue weighted by Gasteiger charge is 2.16. The number of carboxylic acid groups (broad SMARTS) is 2. The second kappa shape index (κ2) is 14.3. The zero-order valence-electron chi connectivity index (χ0n) is 17.6. The average Bonchev–Trinajstić information content (AvgIpc) is 3.39. The summed E-state index contributed by atoms with van der Waals surface area (Å²) in [6.07, 6.45) is 4.43. The lowest BCUT2D eigenvalue weighted by Crippen LogP contribution is -2.36. The van der Waals surface area contributed by atoms with E-state index in [9.17, 15) is 4.79 Å². The molecule has 1 aromatic carbocycles. The minimum absolute atomic E-state index is 0.122. The van der Waals surface area contributed by atoms with Crippen LogP contribution in [0.1, 0.15) is 17.9 Å². The maximum absolute atomic E-state index is 12.7. The molecule has 0 bridgehead atoms. The van der Waals surface area contributed by atoms with Crippen LogP contribution < -0.4 is 0 Å². The van der Waals surface area contributed by atoms with E-state index in [0.717, 1.165) is 29.1 Å². The fourth-order valence-corrected chi connectivity index (χ4v) is 2.70. The molecule has 0 radical (unpaired) electrons. The number of nitrogens with zero attached hydrogens (tertiary/aromatic N) is 4. The van der Waals surface area contributed by atoms with Crippen LogP contribution in [0.5, 0.6) is 0 Å². The molecule has 11 nitrogen and oxygen atoms in total. The molecule has 0 saturated heterocycles. The Kier molecular flexibility index (Phi) is 11.7. The number of rotatable bonds is 8. The highest BCUT2D eigenvalue weighted by Crippen LogP contribution is 2.12. The first-order chi connectivity index (χ1) is 14.9. The minimum atomic E-state index is -0.250. The molecule has 2 aromatic heterocycles. The van der Waals surface area contributed by atoms with Gasteiger partial charge in [0.25, 0.3) is 12.9 Å². The lowest BCUT2D eigenvalue weighted by molar-refractivity contribution is -0.132. The fraction of sp³-hybridized carbons (Fsp3) is 0.350. The van der Waals surface area contributed by atoms with Gasteiger partial charge >= 0.3 is 0 Å². The molecule has 2 heterocycles. The first-order valence-electron chi connectivity index (χ1n) is 9.44. The van der Waals surface area contributed by atoms with Gasteiger partial charge in [-0.3, -0.25) is 14.4 Å². The molecule has 168 valence electrons. The molecule has 0 unspecified atom stereocenters. The van der Waals surface area contributed by atoms with E-state index < -0.39 is 0 Å². The fourth-order valence-electron chi connectivity index (χ4n) is 2.70. The van der Waals surface area contributed by atoms with Crippen LogP contribution in [0.2, 0.25) is 0 Å². The largest absolute Gasteiger partial charge is 0.483 e. The Bertz CT molecular complexity index is 871. The van der Waals surface area contributed by atoms with Crippen LogP contribution in [0, 0.1) is 0 Å². The van der Waals surface area contributed by atoms with Crippen molar-refractivity contribution in [1.82, 2.24) is 29.7 Å². The predicted molar refractivity (Wildman–Crippen MR) is 114 cm³/mol. The van der Waals surface area contributed by atoms with Crippen LogP contribution in [0.4, 0.5) is 0 Å². The van der Waals surface area contributed by atoms with E-state index >= 15 is 0 Å². The lowest BCUT2D eigenvalue weighted by atomic mass is 10.2. The Morgan fingerprint density at radius 3 is 2.39 bits per heavy atom. The quantitative estimate of drug-likeness (QED) is 0.387. The number of hydrogen-bond donors (Lipinski definition) is 4. The number of amides is 1. The van der Waals surface area contributed by atoms with Crippen LogP contribution in [0.3, 0.4) is 0 Å². The van der Waals surface area contributed by atoms with Crippen molar-refractivity contribution >= 4 is 29.9 Å². The van der Waals surface area contributed by atoms with Gasteiger partial charge in [0.15, 0.2) is 0 Å². The number of hydrogen-bond acceptors (Lipinski definition) is 6. The van der Waals surface area contributed by atoms with Crippen LogP contribution in [0.25, 0.3) is 11.0 Å². The third-order valence-corrected chi connectivity index (χ3v) is 4.10. The third kappa shape index (κ3) is 9.54. The number of H-pyrrole nitrogens is 2. The second-order valence-corrected chi connectivity index (χ2v) is 6.61. The maximum atomic E-state index is 12.7. The minimum Gasteiger partial charge on any atom is -0.483 e. The molecule has 0 aliphatic carbocycles. The Balaban J connectivity index is 0.000000720. The normalized spacial score (nSPS) is 9.90. The zero-order valence-corrected chi connectivity index (χ0v) is 17.6. The van der Waals surface area contributed by atoms with Gasteiger partial charge in [0.2, 0.25) is 5.91 Å². The first-order valence-corrected chi connectivity index (χ1v) is 9.44. The Morgan fingerprint density at radius 2 is 1.81 bits per heavy atom. The molecule has 0 aliphatic rings. The number of likely N-dealkylation sites (N-methyl/N-ethyl adjacent to an activating group) is 1. The number of imidazole rings is 2. The number of carbonyl (C=O) groups is 3. The van der Waals surface area contributed by atoms with E-state index in [1.165, 1.54) is 0 Å². The van der Waals surface area contributed by atoms with E-state index in [0.29, 0.717) is 25.9 Å². The zero-order chi connectivity index (χ0) is 23.1. The predicted octanol–water partition coefficient (Wildman–Crippen LogP) is 1.21. The summed E-state index contributed by atoms with van der Waals surface area (Å²) in [5, 5.41) is 13.8. The summed E-state index contributed by atoms with van der Waals surface area (Å²) < 4.78 is 0. The number of aromatic amines is 2. The maximum Gasteiger partial charge on any atom is 0.290 e. The van der Waals surface area contributed by atoms with Gasteiger partial charge in [-0.25, -0.2) is 9.97 Å². The number of carbonyl (C=O) groups excluding carboxylic acids is 1. The summed E-state index contributed by atoms with van der Waals surface area (Å²) in [6, 6.07) is 7.91. The summed E-state index contributed by atoms with van der Waals surface area (Å²) in [5.41, 5.74) is 2.88. The van der Waals surface area contributed by atoms with E-state index in [1.807, 2.05) is 43.3 Å². The van der Waals surface area contributed by atoms with Gasteiger partial charge in [0.1, 0.15) is 5.82 Å². The molecule has 4 N–H and O–H groups in total. The van der Waals surface area contributed by atoms with Crippen LogP contribution in [-0.2, 0) is 27.3 Å². The molecule has 1 amide bonds. The molecule has 11 heteroatoms. The van der Waals surface area contributed by atoms with Crippen molar-refractivity contribution in [2.24, 2.45) is 0 Å². The van der Waals surface area contributed by atoms with E-state index in [1.54, 1.807) is 12.5 Å². The van der Waals surface area contributed by atoms with E-state index in [2.05, 4.69) is 24.8 Å². The van der Waals surface area contributed by atoms with Crippen LogP contribution in [-0.4, -0.2) is 86.0 Å². The number of aromatic nitrogens is 4. The molecule has 3 rings (SSSR count). The van der Waals surface area contributed by atoms with E-state index in [-0.39, 0.29) is 18.9 Å². The highest BCUT2D eigenvalue weighted by molar-refractivity contribution is 5.77. The van der Waals surface area contributed by atoms with Gasteiger partial charge in [0, 0.05) is 32.1 Å². The van der Waals surface area contributed by atoms with Gasteiger partial charge in [-0.2, -0.15) is 0 Å². The topological polar surface area (TPSA) is 156 Å². The lowest BCUT2D eigenvalue weighted by Gasteiger charge is -2.23. The van der Waals surface area contributed by atoms with Crippen LogP contribution in [0.15, 0.2) is 36.8 Å². The van der Waals surface area contributed by atoms with Crippen LogP contribution >= 0.6 is 0 Å². The summed E-state index contributed by atoms with van der Waals surface area (Å²) >= 11 is 0. The van der Waals surface area contributed by atoms with Crippen molar-refractivity contribution in [2.45, 2.75) is 19.4 Å². The van der Waals surface area contributed by atoms with Crippen molar-refractivity contribution in [1.29, 1.82) is 0 Å². The van der Waals surface area contributed by atoms with Gasteiger partial charge in [-0.15, -0.1) is 0 Å². The summed E-state index contributed by atoms with van der Waals surface area (Å²) in [5.74, 6) is 0.973. The van der Waals surface area contributed by atoms with Crippen molar-refractivity contribution in [2.75, 3.05) is 27.2 Å². The van der Waals surface area contributed by atoms with Gasteiger partial charge in [-0.1, -0.05) is 12.1 Å². The number of fused-ring (bicyclic) bond motifs is 1. The standard InChI is InChI=1S/C18H24N6O.2CH2O2/c1-23(2)9-10-24(12-14-11-19-13-20-14)18(25)8-7-17-21-15-5-3-4-6-16(15)22-17;2*2-1-3/h3-6,11,13H,7-10,12H2,1-2H3,(H,19,20)(H,21,22);2*1H,(H,2,3). The first kappa shape index (κ1) is 25.3. The molecule has 31 heavy (non-hydrogen) atoms. The van der Waals surface area contributed by atoms with Crippen molar-refractivity contribution < 1.29 is 24.6 Å². The molecule has 0 spiro atoms. The third-order valence-electron chi connectivity index (χ3n) is 4.10. The molecule has 3 aromatic rings. The van der Waals surface area contributed by atoms with Crippen molar-refractivity contribution in [3.05, 3.63) is 48.3 Å². The number of benzene rings is 1. The van der Waals surface area contributed by atoms with Crippen molar-refractivity contribution in [3.8, 4) is 0 Å². The Hall–Kier alpha value is -3.73. The molecular formula is C20H28N6O5. The second-order valence-electron chi connectivity index (χ2n) is 6.61. The van der Waals surface area contributed by atoms with Crippen molar-refractivity contribution in [3.63, 3.8) is 0 Å². The monoisotopic (exact) mass is 432 g/mol. The smallest absolute Gasteiger partial charge is 0.290 e. The summed E-state index contributed by atoms with van der Waals surface area (Å²) in [7, 11) is 4.01. The van der Waals surface area contributed by atoms with Gasteiger partial charge in [0.05, 0.1) is 29.6 Å². The SMILES string of the molecule is CN(C)CCN(Cc1cnc[nH]1)C(=O)CCc1nc2ccccc2[nH]1.O=CO.O=CO. The summed E-state index contributed by atoms with van der Waals surface area (Å²) in [6.45, 7) is 1.56. The molecule has 0 fully saturated rings. The van der Waals surface area contributed by atoms with Gasteiger partial charge in [-0.05, 0) is 26.2 Å². The molecule has 0 atom stereocenters. The average molecular weight is 432 g/mol. The summed E-state index contributed by atoms with van der Waals surface area (Å²) in [4.78, 5) is 48.3. The molecule has 0 saturated carbocycles. The number of aryl methyl sites for hydroxylation is 1. The molecular weight excluding hydrogens is 404 g/mol. The number of nitrogens with one attached hydrogen (secondary N) is 2. The number of para-hydroxylation sites is 2.